The number of hydrogen-bond acceptors (Lipinski definition) is 5. The molecule has 0 fully saturated rings. The van der Waals surface area contributed by atoms with Crippen molar-refractivity contribution < 1.29 is 0 Å². The van der Waals surface area contributed by atoms with Crippen LogP contribution in [0.1, 0.15) is 5.56 Å². The molecule has 0 unspecified atom stereocenters. The molecule has 0 saturated heterocycles. The average Bonchev–Trinajstić information content (AvgIpc) is 3.78. The van der Waals surface area contributed by atoms with Crippen molar-refractivity contribution in [2.45, 2.75) is 0 Å². The van der Waals surface area contributed by atoms with Crippen molar-refractivity contribution in [3.8, 4) is 57.0 Å². The van der Waals surface area contributed by atoms with Crippen LogP contribution in [0, 0.1) is 17.9 Å². The number of aromatic nitrogens is 4. The highest BCUT2D eigenvalue weighted by Crippen LogP contribution is 2.41. The summed E-state index contributed by atoms with van der Waals surface area (Å²) in [6.45, 7) is 7.85. The Morgan fingerprint density at radius 1 is 0.519 bits per heavy atom. The first-order valence-corrected chi connectivity index (χ1v) is 18.3. The van der Waals surface area contributed by atoms with E-state index in [1.807, 2.05) is 97.1 Å². The van der Waals surface area contributed by atoms with Gasteiger partial charge >= 0.3 is 0 Å². The summed E-state index contributed by atoms with van der Waals surface area (Å²) in [5.74, 6) is 1.63. The third kappa shape index (κ3) is 5.19. The Hall–Kier alpha value is -7.45. The minimum absolute atomic E-state index is 0.509. The zero-order chi connectivity index (χ0) is 36.2. The molecule has 0 aliphatic carbocycles. The number of thiophene rings is 1. The van der Waals surface area contributed by atoms with Gasteiger partial charge in [0.1, 0.15) is 0 Å². The zero-order valence-electron chi connectivity index (χ0n) is 28.6. The van der Waals surface area contributed by atoms with Crippen molar-refractivity contribution in [2.24, 2.45) is 0 Å². The number of nitrogens with zero attached hydrogens (tertiary/aromatic N) is 6. The van der Waals surface area contributed by atoms with Crippen molar-refractivity contribution in [2.75, 3.05) is 0 Å². The average molecular weight is 707 g/mol. The van der Waals surface area contributed by atoms with Gasteiger partial charge in [0.15, 0.2) is 23.2 Å². The number of fused-ring (bicyclic) bond motifs is 6. The largest absolute Gasteiger partial charge is 0.310 e. The second-order valence-electron chi connectivity index (χ2n) is 13.1. The maximum absolute atomic E-state index is 9.99. The van der Waals surface area contributed by atoms with Crippen molar-refractivity contribution in [3.63, 3.8) is 0 Å². The molecule has 0 spiro atoms. The summed E-state index contributed by atoms with van der Waals surface area (Å²) in [7, 11) is 0. The van der Waals surface area contributed by atoms with E-state index >= 15 is 0 Å². The number of benzene rings is 7. The Morgan fingerprint density at radius 3 is 1.85 bits per heavy atom. The highest BCUT2D eigenvalue weighted by atomic mass is 32.1. The molecule has 10 aromatic rings. The van der Waals surface area contributed by atoms with E-state index in [0.717, 1.165) is 55.3 Å². The lowest BCUT2D eigenvalue weighted by Crippen LogP contribution is -2.04. The van der Waals surface area contributed by atoms with E-state index in [-0.39, 0.29) is 0 Å². The van der Waals surface area contributed by atoms with Crippen molar-refractivity contribution >= 4 is 59.0 Å². The van der Waals surface area contributed by atoms with Gasteiger partial charge in [-0.2, -0.15) is 5.26 Å². The molecule has 0 N–H and O–H groups in total. The minimum atomic E-state index is 0.509. The molecule has 0 saturated carbocycles. The summed E-state index contributed by atoms with van der Waals surface area (Å²) in [5, 5.41) is 14.4. The van der Waals surface area contributed by atoms with Crippen LogP contribution in [0.4, 0.5) is 5.69 Å². The first-order valence-electron chi connectivity index (χ1n) is 17.4. The summed E-state index contributed by atoms with van der Waals surface area (Å²) < 4.78 is 4.64. The zero-order valence-corrected chi connectivity index (χ0v) is 29.4. The molecule has 250 valence electrons. The fourth-order valence-corrected chi connectivity index (χ4v) is 8.42. The van der Waals surface area contributed by atoms with Crippen LogP contribution in [0.15, 0.2) is 158 Å². The first-order chi connectivity index (χ1) is 26.6. The van der Waals surface area contributed by atoms with Crippen LogP contribution in [0.3, 0.4) is 0 Å². The molecule has 0 atom stereocenters. The molecule has 0 radical (unpaired) electrons. The van der Waals surface area contributed by atoms with E-state index in [1.54, 1.807) is 11.3 Å². The van der Waals surface area contributed by atoms with Gasteiger partial charge in [0, 0.05) is 53.2 Å². The fraction of sp³-hybridized carbons (Fsp3) is 0. The van der Waals surface area contributed by atoms with E-state index in [0.29, 0.717) is 28.7 Å². The standard InChI is InChI=1S/C47H26N6S/c1-49-34-19-21-36-35-20-16-29(28-48)24-41(35)53(42(36)27-34)40-22-17-32(33-18-23-44-38(25-33)37-14-8-9-15-43(37)54-44)26-39(40)47-51-45(30-10-4-2-5-11-30)50-46(52-47)31-12-6-3-7-13-31/h2-27H. The van der Waals surface area contributed by atoms with Crippen LogP contribution in [0.2, 0.25) is 0 Å². The lowest BCUT2D eigenvalue weighted by molar-refractivity contribution is 1.06. The second kappa shape index (κ2) is 12.6. The summed E-state index contributed by atoms with van der Waals surface area (Å²) in [6.07, 6.45) is 0. The third-order valence-electron chi connectivity index (χ3n) is 9.90. The monoisotopic (exact) mass is 706 g/mol. The maximum atomic E-state index is 9.99. The highest BCUT2D eigenvalue weighted by molar-refractivity contribution is 7.25. The summed E-state index contributed by atoms with van der Waals surface area (Å²) in [6, 6.07) is 55.3. The Morgan fingerprint density at radius 2 is 1.13 bits per heavy atom. The summed E-state index contributed by atoms with van der Waals surface area (Å²) in [5.41, 5.74) is 8.23. The number of rotatable bonds is 5. The molecule has 54 heavy (non-hydrogen) atoms. The van der Waals surface area contributed by atoms with Crippen molar-refractivity contribution in [3.05, 3.63) is 175 Å². The number of nitriles is 1. The smallest absolute Gasteiger partial charge is 0.189 e. The molecular formula is C47H26N6S. The normalized spacial score (nSPS) is 11.3. The van der Waals surface area contributed by atoms with E-state index < -0.39 is 0 Å². The second-order valence-corrected chi connectivity index (χ2v) is 14.2. The fourth-order valence-electron chi connectivity index (χ4n) is 7.33. The first kappa shape index (κ1) is 31.3. The van der Waals surface area contributed by atoms with Crippen LogP contribution in [-0.4, -0.2) is 19.5 Å². The van der Waals surface area contributed by atoms with Crippen molar-refractivity contribution in [1.82, 2.24) is 19.5 Å². The van der Waals surface area contributed by atoms with Gasteiger partial charge < -0.3 is 4.57 Å². The van der Waals surface area contributed by atoms with E-state index in [1.165, 1.54) is 20.2 Å². The summed E-state index contributed by atoms with van der Waals surface area (Å²) >= 11 is 1.80. The summed E-state index contributed by atoms with van der Waals surface area (Å²) in [4.78, 5) is 19.1. The predicted octanol–water partition coefficient (Wildman–Crippen LogP) is 12.4. The minimum Gasteiger partial charge on any atom is -0.310 e. The van der Waals surface area contributed by atoms with Gasteiger partial charge in [-0.05, 0) is 59.7 Å². The SMILES string of the molecule is [C-]#[N+]c1ccc2c3ccc(C#N)cc3n(-c3ccc(-c4ccc5sc6ccccc6c5c4)cc3-c3nc(-c4ccccc4)nc(-c4ccccc4)n3)c2c1. The van der Waals surface area contributed by atoms with Crippen LogP contribution >= 0.6 is 11.3 Å². The Balaban J connectivity index is 1.30. The maximum Gasteiger partial charge on any atom is 0.189 e. The van der Waals surface area contributed by atoms with Gasteiger partial charge in [0.25, 0.3) is 0 Å². The van der Waals surface area contributed by atoms with E-state index in [2.05, 4.69) is 76.1 Å². The van der Waals surface area contributed by atoms with Crippen LogP contribution in [0.25, 0.3) is 97.8 Å². The molecule has 0 amide bonds. The molecular weight excluding hydrogens is 681 g/mol. The van der Waals surface area contributed by atoms with Gasteiger partial charge in [-0.15, -0.1) is 11.3 Å². The Kier molecular flexibility index (Phi) is 7.33. The van der Waals surface area contributed by atoms with E-state index in [4.69, 9.17) is 21.5 Å². The third-order valence-corrected chi connectivity index (χ3v) is 11.0. The lowest BCUT2D eigenvalue weighted by atomic mass is 9.99. The van der Waals surface area contributed by atoms with Gasteiger partial charge in [0.05, 0.1) is 29.4 Å². The number of hydrogen-bond donors (Lipinski definition) is 0. The Labute approximate surface area is 314 Å². The molecule has 10 rings (SSSR count). The topological polar surface area (TPSA) is 71.8 Å². The molecule has 0 aliphatic rings. The molecule has 3 heterocycles. The van der Waals surface area contributed by atoms with Gasteiger partial charge in [-0.3, -0.25) is 0 Å². The molecule has 6 nitrogen and oxygen atoms in total. The lowest BCUT2D eigenvalue weighted by Gasteiger charge is -2.16. The van der Waals surface area contributed by atoms with Crippen molar-refractivity contribution in [1.29, 1.82) is 5.26 Å². The Bertz CT molecular complexity index is 3060. The quantitative estimate of drug-likeness (QED) is 0.167. The molecule has 3 aromatic heterocycles. The molecule has 7 heteroatoms. The van der Waals surface area contributed by atoms with Crippen LogP contribution in [0.5, 0.6) is 0 Å². The highest BCUT2D eigenvalue weighted by Gasteiger charge is 2.21. The van der Waals surface area contributed by atoms with Gasteiger partial charge in [-0.1, -0.05) is 109 Å². The van der Waals surface area contributed by atoms with Gasteiger partial charge in [-0.25, -0.2) is 19.8 Å². The predicted molar refractivity (Wildman–Crippen MR) is 220 cm³/mol. The molecule has 0 aliphatic heterocycles. The van der Waals surface area contributed by atoms with Crippen LogP contribution < -0.4 is 0 Å². The van der Waals surface area contributed by atoms with E-state index in [9.17, 15) is 5.26 Å². The molecule has 0 bridgehead atoms. The van der Waals surface area contributed by atoms with Crippen LogP contribution in [-0.2, 0) is 0 Å². The van der Waals surface area contributed by atoms with Gasteiger partial charge in [0.2, 0.25) is 0 Å². The molecule has 7 aromatic carbocycles.